The molecule has 3 rings (SSSR count). The first-order valence-corrected chi connectivity index (χ1v) is 10.6. The summed E-state index contributed by atoms with van der Waals surface area (Å²) in [5, 5.41) is 8.85. The topological polar surface area (TPSA) is 101 Å². The second-order valence-electron chi connectivity index (χ2n) is 6.36. The molecule has 2 amide bonds. The van der Waals surface area contributed by atoms with Gasteiger partial charge in [0.25, 0.3) is 0 Å². The van der Waals surface area contributed by atoms with Gasteiger partial charge in [-0.2, -0.15) is 0 Å². The number of carboxylic acid groups (broad SMARTS) is 1. The van der Waals surface area contributed by atoms with Crippen LogP contribution in [0.2, 0.25) is 0 Å². The molecule has 1 atom stereocenters. The quantitative estimate of drug-likeness (QED) is 0.548. The fourth-order valence-electron chi connectivity index (χ4n) is 3.02. The molecule has 0 unspecified atom stereocenters. The standard InChI is InChI=1S/C20H19NO6S2/c1-4-27-20(26)16-10(2)11(3)28-18(16)21-15(22)9-14(17(21)23)29-13-8-6-5-7-12(13)19(24)25/h5-8,14H,4,9H2,1-3H3,(H,24,25)/t14-/m1/s1. The van der Waals surface area contributed by atoms with Gasteiger partial charge in [-0.05, 0) is 38.5 Å². The van der Waals surface area contributed by atoms with E-state index in [0.29, 0.717) is 10.5 Å². The van der Waals surface area contributed by atoms with Gasteiger partial charge < -0.3 is 9.84 Å². The lowest BCUT2D eigenvalue weighted by molar-refractivity contribution is -0.121. The summed E-state index contributed by atoms with van der Waals surface area (Å²) in [7, 11) is 0. The molecule has 1 saturated heterocycles. The maximum Gasteiger partial charge on any atom is 0.341 e. The average Bonchev–Trinajstić information content (AvgIpc) is 3.10. The van der Waals surface area contributed by atoms with Gasteiger partial charge in [-0.15, -0.1) is 23.1 Å². The Hall–Kier alpha value is -2.65. The largest absolute Gasteiger partial charge is 0.478 e. The van der Waals surface area contributed by atoms with E-state index in [2.05, 4.69) is 0 Å². The molecular formula is C20H19NO6S2. The van der Waals surface area contributed by atoms with Gasteiger partial charge in [0.05, 0.1) is 23.0 Å². The Morgan fingerprint density at radius 2 is 1.97 bits per heavy atom. The van der Waals surface area contributed by atoms with E-state index in [1.165, 1.54) is 17.4 Å². The van der Waals surface area contributed by atoms with Crippen LogP contribution < -0.4 is 4.90 Å². The minimum absolute atomic E-state index is 0.0737. The molecule has 0 spiro atoms. The second kappa shape index (κ2) is 8.38. The number of rotatable bonds is 6. The van der Waals surface area contributed by atoms with Crippen molar-refractivity contribution >= 4 is 51.9 Å². The van der Waals surface area contributed by atoms with Crippen molar-refractivity contribution in [2.24, 2.45) is 0 Å². The Morgan fingerprint density at radius 3 is 2.62 bits per heavy atom. The van der Waals surface area contributed by atoms with Crippen LogP contribution in [0, 0.1) is 13.8 Å². The van der Waals surface area contributed by atoms with Crippen molar-refractivity contribution < 1.29 is 29.0 Å². The Bertz CT molecular complexity index is 1010. The first-order valence-electron chi connectivity index (χ1n) is 8.89. The molecule has 1 aliphatic heterocycles. The van der Waals surface area contributed by atoms with Gasteiger partial charge in [0.1, 0.15) is 5.00 Å². The number of esters is 1. The van der Waals surface area contributed by atoms with Crippen molar-refractivity contribution in [1.29, 1.82) is 0 Å². The van der Waals surface area contributed by atoms with E-state index in [-0.39, 0.29) is 29.2 Å². The molecule has 7 nitrogen and oxygen atoms in total. The summed E-state index contributed by atoms with van der Waals surface area (Å²) in [6.45, 7) is 5.43. The highest BCUT2D eigenvalue weighted by Crippen LogP contribution is 2.41. The van der Waals surface area contributed by atoms with E-state index in [4.69, 9.17) is 4.74 Å². The van der Waals surface area contributed by atoms with Crippen LogP contribution in [0.25, 0.3) is 0 Å². The number of ether oxygens (including phenoxy) is 1. The number of nitrogens with zero attached hydrogens (tertiary/aromatic N) is 1. The SMILES string of the molecule is CCOC(=O)c1c(N2C(=O)C[C@@H](Sc3ccccc3C(=O)O)C2=O)sc(C)c1C. The van der Waals surface area contributed by atoms with Crippen LogP contribution in [-0.2, 0) is 14.3 Å². The van der Waals surface area contributed by atoms with Crippen LogP contribution in [0.5, 0.6) is 0 Å². The lowest BCUT2D eigenvalue weighted by Crippen LogP contribution is -2.31. The zero-order chi connectivity index (χ0) is 21.3. The molecule has 2 aromatic rings. The number of carbonyl (C=O) groups excluding carboxylic acids is 3. The zero-order valence-corrected chi connectivity index (χ0v) is 17.7. The smallest absolute Gasteiger partial charge is 0.341 e. The van der Waals surface area contributed by atoms with Crippen LogP contribution in [0.15, 0.2) is 29.2 Å². The Kier molecular flexibility index (Phi) is 6.09. The fourth-order valence-corrected chi connectivity index (χ4v) is 5.36. The van der Waals surface area contributed by atoms with Crippen molar-refractivity contribution in [3.05, 3.63) is 45.8 Å². The summed E-state index contributed by atoms with van der Waals surface area (Å²) in [6, 6.07) is 6.34. The number of anilines is 1. The summed E-state index contributed by atoms with van der Waals surface area (Å²) >= 11 is 2.24. The number of aromatic carboxylic acids is 1. The van der Waals surface area contributed by atoms with Gasteiger partial charge in [0.15, 0.2) is 0 Å². The molecule has 152 valence electrons. The molecule has 1 aliphatic rings. The van der Waals surface area contributed by atoms with E-state index >= 15 is 0 Å². The van der Waals surface area contributed by atoms with Crippen LogP contribution in [0.4, 0.5) is 5.00 Å². The zero-order valence-electron chi connectivity index (χ0n) is 16.1. The Morgan fingerprint density at radius 1 is 1.28 bits per heavy atom. The van der Waals surface area contributed by atoms with E-state index in [1.54, 1.807) is 32.0 Å². The Balaban J connectivity index is 1.94. The third kappa shape index (κ3) is 3.92. The van der Waals surface area contributed by atoms with Crippen LogP contribution in [0.3, 0.4) is 0 Å². The number of hydrogen-bond acceptors (Lipinski definition) is 7. The summed E-state index contributed by atoms with van der Waals surface area (Å²) in [5.41, 5.74) is 0.982. The van der Waals surface area contributed by atoms with Crippen LogP contribution >= 0.6 is 23.1 Å². The number of aryl methyl sites for hydroxylation is 1. The van der Waals surface area contributed by atoms with Crippen molar-refractivity contribution in [3.63, 3.8) is 0 Å². The van der Waals surface area contributed by atoms with Gasteiger partial charge in [0.2, 0.25) is 11.8 Å². The number of benzene rings is 1. The number of amides is 2. The Labute approximate surface area is 175 Å². The van der Waals surface area contributed by atoms with Crippen LogP contribution in [0.1, 0.15) is 44.5 Å². The number of carboxylic acids is 1. The molecule has 1 fully saturated rings. The molecule has 0 aliphatic carbocycles. The molecular weight excluding hydrogens is 414 g/mol. The van der Waals surface area contributed by atoms with Gasteiger partial charge in [-0.3, -0.25) is 9.59 Å². The highest BCUT2D eigenvalue weighted by Gasteiger charge is 2.43. The van der Waals surface area contributed by atoms with Gasteiger partial charge in [0, 0.05) is 16.2 Å². The lowest BCUT2D eigenvalue weighted by Gasteiger charge is -2.15. The van der Waals surface area contributed by atoms with Crippen molar-refractivity contribution in [1.82, 2.24) is 0 Å². The monoisotopic (exact) mass is 433 g/mol. The molecule has 1 aromatic carbocycles. The molecule has 0 bridgehead atoms. The predicted octanol–water partition coefficient (Wildman–Crippen LogP) is 3.66. The van der Waals surface area contributed by atoms with Crippen molar-refractivity contribution in [2.45, 2.75) is 37.3 Å². The molecule has 2 heterocycles. The van der Waals surface area contributed by atoms with Gasteiger partial charge in [-0.25, -0.2) is 14.5 Å². The minimum Gasteiger partial charge on any atom is -0.478 e. The average molecular weight is 434 g/mol. The third-order valence-electron chi connectivity index (χ3n) is 4.54. The first-order chi connectivity index (χ1) is 13.8. The highest BCUT2D eigenvalue weighted by molar-refractivity contribution is 8.00. The van der Waals surface area contributed by atoms with Crippen molar-refractivity contribution in [2.75, 3.05) is 11.5 Å². The van der Waals surface area contributed by atoms with Gasteiger partial charge in [-0.1, -0.05) is 12.1 Å². The predicted molar refractivity (Wildman–Crippen MR) is 110 cm³/mol. The third-order valence-corrected chi connectivity index (χ3v) is 7.00. The van der Waals surface area contributed by atoms with E-state index in [1.807, 2.05) is 6.92 Å². The second-order valence-corrected chi connectivity index (χ2v) is 8.81. The molecule has 1 aromatic heterocycles. The maximum atomic E-state index is 13.0. The number of carbonyl (C=O) groups is 4. The summed E-state index contributed by atoms with van der Waals surface area (Å²) in [4.78, 5) is 51.9. The molecule has 0 radical (unpaired) electrons. The van der Waals surface area contributed by atoms with E-state index < -0.39 is 29.0 Å². The summed E-state index contributed by atoms with van der Waals surface area (Å²) in [6.07, 6.45) is -0.0737. The minimum atomic E-state index is -1.10. The number of hydrogen-bond donors (Lipinski definition) is 1. The molecule has 0 saturated carbocycles. The molecule has 9 heteroatoms. The lowest BCUT2D eigenvalue weighted by atomic mass is 10.1. The number of imide groups is 1. The molecule has 1 N–H and O–H groups in total. The van der Waals surface area contributed by atoms with Crippen molar-refractivity contribution in [3.8, 4) is 0 Å². The summed E-state index contributed by atoms with van der Waals surface area (Å²) in [5.74, 6) is -2.56. The highest BCUT2D eigenvalue weighted by atomic mass is 32.2. The molecule has 29 heavy (non-hydrogen) atoms. The number of thiophene rings is 1. The number of thioether (sulfide) groups is 1. The normalized spacial score (nSPS) is 16.4. The van der Waals surface area contributed by atoms with Crippen LogP contribution in [-0.4, -0.2) is 40.7 Å². The van der Waals surface area contributed by atoms with E-state index in [0.717, 1.165) is 21.5 Å². The summed E-state index contributed by atoms with van der Waals surface area (Å²) < 4.78 is 5.11. The fraction of sp³-hybridized carbons (Fsp3) is 0.300. The van der Waals surface area contributed by atoms with Gasteiger partial charge >= 0.3 is 11.9 Å². The maximum absolute atomic E-state index is 13.0. The van der Waals surface area contributed by atoms with E-state index in [9.17, 15) is 24.3 Å². The first kappa shape index (κ1) is 21.1.